The van der Waals surface area contributed by atoms with Crippen LogP contribution in [0.3, 0.4) is 0 Å². The zero-order valence-electron chi connectivity index (χ0n) is 18.6. The van der Waals surface area contributed by atoms with Gasteiger partial charge in [-0.05, 0) is 47.5 Å². The predicted molar refractivity (Wildman–Crippen MR) is 132 cm³/mol. The fourth-order valence-electron chi connectivity index (χ4n) is 3.20. The number of carboxylic acid groups (broad SMARTS) is 1. The lowest BCUT2D eigenvalue weighted by Crippen LogP contribution is -2.36. The van der Waals surface area contributed by atoms with Gasteiger partial charge in [-0.2, -0.15) is 0 Å². The van der Waals surface area contributed by atoms with Gasteiger partial charge >= 0.3 is 11.9 Å². The molecule has 0 aliphatic carbocycles. The lowest BCUT2D eigenvalue weighted by molar-refractivity contribution is -0.144. The zero-order chi connectivity index (χ0) is 25.4. The fourth-order valence-corrected chi connectivity index (χ4v) is 3.43. The first-order chi connectivity index (χ1) is 16.7. The van der Waals surface area contributed by atoms with Gasteiger partial charge in [0.2, 0.25) is 5.91 Å². The molecule has 0 radical (unpaired) electrons. The lowest BCUT2D eigenvalue weighted by atomic mass is 10.1. The monoisotopic (exact) mass is 494 g/mol. The predicted octanol–water partition coefficient (Wildman–Crippen LogP) is 3.12. The van der Waals surface area contributed by atoms with Crippen molar-refractivity contribution in [3.63, 3.8) is 0 Å². The van der Waals surface area contributed by atoms with Crippen LogP contribution in [0.15, 0.2) is 77.8 Å². The van der Waals surface area contributed by atoms with E-state index in [1.807, 2.05) is 30.3 Å². The number of benzene rings is 3. The molecule has 0 spiro atoms. The summed E-state index contributed by atoms with van der Waals surface area (Å²) in [5.41, 5.74) is 12.7. The molecule has 0 aromatic heterocycles. The van der Waals surface area contributed by atoms with Gasteiger partial charge in [0, 0.05) is 11.6 Å². The molecule has 0 atom stereocenters. The van der Waals surface area contributed by atoms with E-state index >= 15 is 0 Å². The number of carboxylic acids is 1. The molecule has 5 N–H and O–H groups in total. The van der Waals surface area contributed by atoms with E-state index in [0.717, 1.165) is 5.56 Å². The summed E-state index contributed by atoms with van der Waals surface area (Å²) >= 11 is 6.33. The van der Waals surface area contributed by atoms with E-state index in [9.17, 15) is 19.5 Å². The molecule has 3 aromatic carbocycles. The van der Waals surface area contributed by atoms with Crippen LogP contribution in [0.2, 0.25) is 5.02 Å². The quantitative estimate of drug-likeness (QED) is 0.179. The van der Waals surface area contributed by atoms with Crippen LogP contribution >= 0.6 is 11.6 Å². The highest BCUT2D eigenvalue weighted by Gasteiger charge is 2.19. The molecule has 0 aliphatic heterocycles. The first-order valence-corrected chi connectivity index (χ1v) is 10.8. The molecular weight excluding hydrogens is 472 g/mol. The van der Waals surface area contributed by atoms with Crippen molar-refractivity contribution < 1.29 is 24.2 Å². The summed E-state index contributed by atoms with van der Waals surface area (Å²) in [6.45, 7) is -0.287. The molecule has 0 bridgehead atoms. The van der Waals surface area contributed by atoms with Crippen molar-refractivity contribution in [3.8, 4) is 5.75 Å². The Balaban J connectivity index is 1.67. The highest BCUT2D eigenvalue weighted by atomic mass is 35.5. The maximum absolute atomic E-state index is 12.8. The third kappa shape index (κ3) is 7.58. The standard InChI is InChI=1S/C25H23ClN4O5/c26-21-13-20(35-24(34)17-6-9-19(10-7-17)29-25(27)28)11-8-18(21)12-22(31)30(15-23(32)33)14-16-4-2-1-3-5-16/h1-11,13H,12,14-15H2,(H,32,33)(H4,27,28,29). The molecule has 0 saturated carbocycles. The minimum absolute atomic E-state index is 0.0975. The molecule has 35 heavy (non-hydrogen) atoms. The molecule has 0 fully saturated rings. The van der Waals surface area contributed by atoms with Crippen molar-refractivity contribution >= 4 is 41.1 Å². The fraction of sp³-hybridized carbons (Fsp3) is 0.120. The first-order valence-electron chi connectivity index (χ1n) is 10.4. The van der Waals surface area contributed by atoms with Crippen molar-refractivity contribution in [1.29, 1.82) is 0 Å². The summed E-state index contributed by atoms with van der Waals surface area (Å²) in [5, 5.41) is 9.42. The van der Waals surface area contributed by atoms with E-state index in [1.54, 1.807) is 18.2 Å². The molecule has 1 amide bonds. The number of nitrogens with two attached hydrogens (primary N) is 2. The van der Waals surface area contributed by atoms with Crippen LogP contribution in [0.1, 0.15) is 21.5 Å². The van der Waals surface area contributed by atoms with Gasteiger partial charge in [-0.3, -0.25) is 9.59 Å². The number of hydrogen-bond acceptors (Lipinski definition) is 5. The maximum atomic E-state index is 12.8. The molecule has 0 saturated heterocycles. The Morgan fingerprint density at radius 1 is 0.971 bits per heavy atom. The summed E-state index contributed by atoms with van der Waals surface area (Å²) in [6.07, 6.45) is -0.112. The number of rotatable bonds is 9. The van der Waals surface area contributed by atoms with E-state index in [4.69, 9.17) is 27.8 Å². The Bertz CT molecular complexity index is 1240. The Morgan fingerprint density at radius 2 is 1.66 bits per heavy atom. The number of guanidine groups is 1. The smallest absolute Gasteiger partial charge is 0.343 e. The molecule has 10 heteroatoms. The number of carbonyl (C=O) groups excluding carboxylic acids is 2. The molecule has 0 heterocycles. The van der Waals surface area contributed by atoms with E-state index < -0.39 is 24.4 Å². The minimum Gasteiger partial charge on any atom is -0.480 e. The van der Waals surface area contributed by atoms with Crippen molar-refractivity contribution in [2.24, 2.45) is 16.5 Å². The Hall–Kier alpha value is -4.37. The van der Waals surface area contributed by atoms with Crippen LogP contribution in [-0.4, -0.2) is 40.4 Å². The minimum atomic E-state index is -1.12. The number of amides is 1. The molecular formula is C25H23ClN4O5. The normalized spacial score (nSPS) is 10.3. The van der Waals surface area contributed by atoms with Gasteiger partial charge in [0.1, 0.15) is 12.3 Å². The van der Waals surface area contributed by atoms with Gasteiger partial charge in [0.25, 0.3) is 0 Å². The summed E-state index contributed by atoms with van der Waals surface area (Å²) in [5.74, 6) is -2.04. The maximum Gasteiger partial charge on any atom is 0.343 e. The first kappa shape index (κ1) is 25.3. The summed E-state index contributed by atoms with van der Waals surface area (Å²) in [7, 11) is 0. The Kier molecular flexibility index (Phi) is 8.42. The number of esters is 1. The van der Waals surface area contributed by atoms with Crippen LogP contribution in [-0.2, 0) is 22.6 Å². The van der Waals surface area contributed by atoms with Crippen molar-refractivity contribution in [2.75, 3.05) is 6.54 Å². The molecule has 180 valence electrons. The van der Waals surface area contributed by atoms with Crippen LogP contribution in [0, 0.1) is 0 Å². The van der Waals surface area contributed by atoms with Gasteiger partial charge in [-0.1, -0.05) is 48.0 Å². The van der Waals surface area contributed by atoms with Crippen LogP contribution in [0.4, 0.5) is 5.69 Å². The molecule has 0 aliphatic rings. The van der Waals surface area contributed by atoms with E-state index in [0.29, 0.717) is 11.3 Å². The summed E-state index contributed by atoms with van der Waals surface area (Å²) in [4.78, 5) is 41.7. The number of aliphatic imine (C=N–C) groups is 1. The van der Waals surface area contributed by atoms with Crippen LogP contribution < -0.4 is 16.2 Å². The number of nitrogens with zero attached hydrogens (tertiary/aromatic N) is 2. The number of aliphatic carboxylic acids is 1. The van der Waals surface area contributed by atoms with E-state index in [2.05, 4.69) is 4.99 Å². The van der Waals surface area contributed by atoms with Gasteiger partial charge in [0.05, 0.1) is 17.7 Å². The van der Waals surface area contributed by atoms with E-state index in [1.165, 1.54) is 29.2 Å². The second-order valence-electron chi connectivity index (χ2n) is 7.53. The number of hydrogen-bond donors (Lipinski definition) is 3. The molecule has 3 rings (SSSR count). The molecule has 3 aromatic rings. The average Bonchev–Trinajstić information content (AvgIpc) is 2.81. The lowest BCUT2D eigenvalue weighted by Gasteiger charge is -2.21. The van der Waals surface area contributed by atoms with Crippen LogP contribution in [0.25, 0.3) is 0 Å². The largest absolute Gasteiger partial charge is 0.480 e. The molecule has 0 unspecified atom stereocenters. The van der Waals surface area contributed by atoms with Gasteiger partial charge in [-0.15, -0.1) is 0 Å². The average molecular weight is 495 g/mol. The number of halogens is 1. The van der Waals surface area contributed by atoms with Gasteiger partial charge < -0.3 is 26.2 Å². The van der Waals surface area contributed by atoms with Crippen LogP contribution in [0.5, 0.6) is 5.75 Å². The van der Waals surface area contributed by atoms with E-state index in [-0.39, 0.29) is 35.3 Å². The highest BCUT2D eigenvalue weighted by Crippen LogP contribution is 2.25. The van der Waals surface area contributed by atoms with Crippen molar-refractivity contribution in [2.45, 2.75) is 13.0 Å². The topological polar surface area (TPSA) is 148 Å². The highest BCUT2D eigenvalue weighted by molar-refractivity contribution is 6.31. The molecule has 9 nitrogen and oxygen atoms in total. The zero-order valence-corrected chi connectivity index (χ0v) is 19.3. The second kappa shape index (κ2) is 11.7. The number of ether oxygens (including phenoxy) is 1. The van der Waals surface area contributed by atoms with Crippen molar-refractivity contribution in [1.82, 2.24) is 4.90 Å². The van der Waals surface area contributed by atoms with Gasteiger partial charge in [-0.25, -0.2) is 9.79 Å². The second-order valence-corrected chi connectivity index (χ2v) is 7.94. The number of carbonyl (C=O) groups is 3. The summed E-state index contributed by atoms with van der Waals surface area (Å²) < 4.78 is 5.36. The summed E-state index contributed by atoms with van der Waals surface area (Å²) in [6, 6.07) is 19.8. The van der Waals surface area contributed by atoms with Gasteiger partial charge in [0.15, 0.2) is 5.96 Å². The third-order valence-corrected chi connectivity index (χ3v) is 5.18. The SMILES string of the molecule is NC(N)=Nc1ccc(C(=O)Oc2ccc(CC(=O)N(CC(=O)O)Cc3ccccc3)c(Cl)c2)cc1. The van der Waals surface area contributed by atoms with Crippen molar-refractivity contribution in [3.05, 3.63) is 94.5 Å². The third-order valence-electron chi connectivity index (χ3n) is 4.83. The Morgan fingerprint density at radius 3 is 2.26 bits per heavy atom. The Labute approximate surface area is 206 Å².